The third-order valence-electron chi connectivity index (χ3n) is 11.0. The number of benzene rings is 3. The van der Waals surface area contributed by atoms with Crippen molar-refractivity contribution in [3.8, 4) is 0 Å². The van der Waals surface area contributed by atoms with Crippen LogP contribution in [-0.4, -0.2) is 92.2 Å². The topological polar surface area (TPSA) is 178 Å². The largest absolute Gasteiger partial charge is 0.467 e. The van der Waals surface area contributed by atoms with Gasteiger partial charge in [-0.05, 0) is 108 Å². The van der Waals surface area contributed by atoms with Crippen molar-refractivity contribution in [2.75, 3.05) is 35.0 Å². The molecule has 0 saturated carbocycles. The van der Waals surface area contributed by atoms with E-state index in [2.05, 4.69) is 10.3 Å². The van der Waals surface area contributed by atoms with Gasteiger partial charge in [-0.25, -0.2) is 29.2 Å². The number of amidine groups is 1. The minimum atomic E-state index is -0.481. The van der Waals surface area contributed by atoms with Crippen LogP contribution < -0.4 is 5.32 Å². The lowest BCUT2D eigenvalue weighted by atomic mass is 9.97. The van der Waals surface area contributed by atoms with Gasteiger partial charge in [-0.3, -0.25) is 4.79 Å². The van der Waals surface area contributed by atoms with E-state index in [-0.39, 0.29) is 11.9 Å². The summed E-state index contributed by atoms with van der Waals surface area (Å²) in [4.78, 5) is 78.0. The minimum Gasteiger partial charge on any atom is -0.467 e. The minimum absolute atomic E-state index is 0.278. The Balaban J connectivity index is 1.27. The number of ether oxygens (including phenoxy) is 4. The predicted molar refractivity (Wildman–Crippen MR) is 235 cm³/mol. The molecule has 316 valence electrons. The molecule has 1 saturated heterocycles. The van der Waals surface area contributed by atoms with Gasteiger partial charge < -0.3 is 34.1 Å². The number of esters is 4. The van der Waals surface area contributed by atoms with E-state index in [0.717, 1.165) is 23.1 Å². The van der Waals surface area contributed by atoms with Crippen LogP contribution in [0.15, 0.2) is 148 Å². The summed E-state index contributed by atoms with van der Waals surface area (Å²) in [6.45, 7) is 0.646. The highest BCUT2D eigenvalue weighted by Gasteiger charge is 2.34. The van der Waals surface area contributed by atoms with Crippen molar-refractivity contribution in [2.24, 2.45) is 9.98 Å². The molecule has 0 spiro atoms. The van der Waals surface area contributed by atoms with Crippen molar-refractivity contribution in [1.29, 1.82) is 0 Å². The maximum atomic E-state index is 12.7. The summed E-state index contributed by atoms with van der Waals surface area (Å²) in [5.74, 6) is -1.38. The average molecular weight is 844 g/mol. The number of likely N-dealkylation sites (tertiary alicyclic amines) is 1. The van der Waals surface area contributed by atoms with Gasteiger partial charge in [0.15, 0.2) is 0 Å². The molecule has 3 aromatic carbocycles. The average Bonchev–Trinajstić information content (AvgIpc) is 4.19. The fraction of sp³-hybridized carbons (Fsp3) is 0.163. The number of hydrogen-bond donors (Lipinski definition) is 2. The highest BCUT2D eigenvalue weighted by atomic mass is 16.5. The quantitative estimate of drug-likeness (QED) is 0.131. The van der Waals surface area contributed by atoms with Crippen LogP contribution in [0.25, 0.3) is 16.7 Å². The summed E-state index contributed by atoms with van der Waals surface area (Å²) in [5, 5.41) is 2.89. The Bertz CT molecular complexity index is 2800. The Morgan fingerprint density at radius 3 is 1.51 bits per heavy atom. The number of allylic oxidation sites excluding steroid dienone is 5. The maximum absolute atomic E-state index is 12.7. The molecule has 1 aromatic heterocycles. The first kappa shape index (κ1) is 41.6. The Morgan fingerprint density at radius 2 is 1.03 bits per heavy atom. The molecule has 63 heavy (non-hydrogen) atoms. The van der Waals surface area contributed by atoms with E-state index in [0.29, 0.717) is 86.4 Å². The molecule has 0 bridgehead atoms. The van der Waals surface area contributed by atoms with E-state index >= 15 is 0 Å². The number of H-pyrrole nitrogens is 1. The first-order valence-electron chi connectivity index (χ1n) is 20.0. The lowest BCUT2D eigenvalue weighted by Crippen LogP contribution is -2.39. The second kappa shape index (κ2) is 17.8. The highest BCUT2D eigenvalue weighted by Crippen LogP contribution is 2.37. The zero-order valence-corrected chi connectivity index (χ0v) is 34.8. The third kappa shape index (κ3) is 8.33. The van der Waals surface area contributed by atoms with Crippen LogP contribution >= 0.6 is 0 Å². The van der Waals surface area contributed by atoms with Crippen LogP contribution in [0.1, 0.15) is 72.0 Å². The molecule has 4 aliphatic rings. The van der Waals surface area contributed by atoms with E-state index in [4.69, 9.17) is 28.9 Å². The summed E-state index contributed by atoms with van der Waals surface area (Å²) in [7, 11) is 5.35. The number of nitrogens with zero attached hydrogens (tertiary/aromatic N) is 3. The standard InChI is InChI=1S/C49H41N5O9/c1-60-46(56)31-13-7-28(8-14-31)43(35-20-22-37(51-35)45(39-24-26-42(55)53-39)30-11-17-33(18-12-30)48(58)62-3)34-19-21-36(50-34)44(29-9-15-32(16-10-29)47(57)61-2)38-23-25-41(52-38)54-27-5-6-40(54)49(59)63-4/h7-26,40,50H,5-6,27H2,1-4H3,(H,53,55)/b43-35+,44-38-,45-39-/t40-/m0/s1. The summed E-state index contributed by atoms with van der Waals surface area (Å²) in [5.41, 5.74) is 8.98. The van der Waals surface area contributed by atoms with Crippen LogP contribution in [0.2, 0.25) is 0 Å². The Kier molecular flexibility index (Phi) is 11.8. The van der Waals surface area contributed by atoms with Gasteiger partial charge >= 0.3 is 23.9 Å². The van der Waals surface area contributed by atoms with E-state index in [1.54, 1.807) is 54.6 Å². The Hall–Kier alpha value is -8.13. The van der Waals surface area contributed by atoms with E-state index < -0.39 is 23.9 Å². The van der Waals surface area contributed by atoms with Gasteiger partial charge in [0.1, 0.15) is 11.9 Å². The van der Waals surface area contributed by atoms with Gasteiger partial charge in [0.2, 0.25) is 5.91 Å². The van der Waals surface area contributed by atoms with E-state index in [9.17, 15) is 24.0 Å². The fourth-order valence-corrected chi connectivity index (χ4v) is 7.92. The number of aromatic nitrogens is 1. The smallest absolute Gasteiger partial charge is 0.337 e. The number of hydrogen-bond acceptors (Lipinski definition) is 12. The molecule has 1 atom stereocenters. The molecule has 14 heteroatoms. The van der Waals surface area contributed by atoms with E-state index in [1.165, 1.54) is 34.5 Å². The summed E-state index contributed by atoms with van der Waals surface area (Å²) in [6, 6.07) is 24.3. The number of carbonyl (C=O) groups is 5. The lowest BCUT2D eigenvalue weighted by Gasteiger charge is -2.23. The van der Waals surface area contributed by atoms with Crippen molar-refractivity contribution in [3.63, 3.8) is 0 Å². The number of aliphatic imine (C=N–C) groups is 2. The zero-order chi connectivity index (χ0) is 44.2. The van der Waals surface area contributed by atoms with Crippen molar-refractivity contribution in [1.82, 2.24) is 15.2 Å². The van der Waals surface area contributed by atoms with Crippen LogP contribution in [0.5, 0.6) is 0 Å². The van der Waals surface area contributed by atoms with Gasteiger partial charge in [0.25, 0.3) is 0 Å². The number of rotatable bonds is 10. The van der Waals surface area contributed by atoms with E-state index in [1.807, 2.05) is 65.6 Å². The number of aromatic amines is 1. The second-order valence-electron chi connectivity index (χ2n) is 14.6. The summed E-state index contributed by atoms with van der Waals surface area (Å²) in [6.07, 6.45) is 12.1. The third-order valence-corrected chi connectivity index (χ3v) is 11.0. The number of carbonyl (C=O) groups excluding carboxylic acids is 5. The van der Waals surface area contributed by atoms with Gasteiger partial charge in [0.05, 0.1) is 67.9 Å². The van der Waals surface area contributed by atoms with Gasteiger partial charge in [-0.1, -0.05) is 36.4 Å². The Morgan fingerprint density at radius 1 is 0.556 bits per heavy atom. The van der Waals surface area contributed by atoms with Crippen molar-refractivity contribution >= 4 is 58.1 Å². The number of methoxy groups -OCH3 is 4. The molecular weight excluding hydrogens is 803 g/mol. The normalized spacial score (nSPS) is 18.8. The van der Waals surface area contributed by atoms with Crippen LogP contribution in [0.3, 0.4) is 0 Å². The molecule has 5 heterocycles. The Labute approximate surface area is 362 Å². The van der Waals surface area contributed by atoms with Gasteiger partial charge in [0, 0.05) is 40.7 Å². The molecule has 1 amide bonds. The van der Waals surface area contributed by atoms with Gasteiger partial charge in [-0.15, -0.1) is 0 Å². The molecule has 2 N–H and O–H groups in total. The molecule has 0 unspecified atom stereocenters. The van der Waals surface area contributed by atoms with Crippen LogP contribution in [-0.2, 0) is 28.5 Å². The molecule has 0 aliphatic carbocycles. The van der Waals surface area contributed by atoms with Crippen molar-refractivity contribution in [2.45, 2.75) is 18.9 Å². The zero-order valence-electron chi connectivity index (χ0n) is 34.8. The molecule has 0 radical (unpaired) electrons. The lowest BCUT2D eigenvalue weighted by molar-refractivity contribution is -0.144. The molecular formula is C49H41N5O9. The van der Waals surface area contributed by atoms with Crippen molar-refractivity contribution in [3.05, 3.63) is 183 Å². The van der Waals surface area contributed by atoms with Crippen molar-refractivity contribution < 1.29 is 42.9 Å². The maximum Gasteiger partial charge on any atom is 0.337 e. The number of nitrogens with one attached hydrogen (secondary N) is 2. The first-order valence-corrected chi connectivity index (χ1v) is 20.0. The summed E-state index contributed by atoms with van der Waals surface area (Å²) >= 11 is 0. The molecule has 4 aliphatic heterocycles. The SMILES string of the molecule is COC(=O)c1ccc(/C(C2=N/C(=C(\c3ccc(C(=O)OC)cc3)c3ccc(/C(=C4/C=CC(N5CCC[C@H]5C(=O)OC)=N4)c4ccc(C(=O)OC)cc4)[nH]3)C=C2)=C2\C=CC(=O)N2)cc1. The first-order chi connectivity index (χ1) is 30.6. The second-order valence-corrected chi connectivity index (χ2v) is 14.6. The predicted octanol–water partition coefficient (Wildman–Crippen LogP) is 6.61. The van der Waals surface area contributed by atoms with Gasteiger partial charge in [-0.2, -0.15) is 0 Å². The van der Waals surface area contributed by atoms with Crippen LogP contribution in [0, 0.1) is 0 Å². The van der Waals surface area contributed by atoms with Crippen LogP contribution in [0.4, 0.5) is 0 Å². The summed E-state index contributed by atoms with van der Waals surface area (Å²) < 4.78 is 19.9. The molecule has 14 nitrogen and oxygen atoms in total. The molecule has 8 rings (SSSR count). The molecule has 4 aromatic rings. The number of amides is 1. The molecule has 1 fully saturated rings. The highest BCUT2D eigenvalue weighted by molar-refractivity contribution is 6.32. The monoisotopic (exact) mass is 843 g/mol. The fourth-order valence-electron chi connectivity index (χ4n) is 7.92.